The van der Waals surface area contributed by atoms with E-state index >= 15 is 0 Å². The third-order valence-electron chi connectivity index (χ3n) is 6.19. The highest BCUT2D eigenvalue weighted by molar-refractivity contribution is 5.96. The smallest absolute Gasteiger partial charge is 0.251 e. The maximum absolute atomic E-state index is 12.5. The van der Waals surface area contributed by atoms with Crippen molar-refractivity contribution in [1.82, 2.24) is 10.2 Å². The van der Waals surface area contributed by atoms with Gasteiger partial charge < -0.3 is 15.3 Å². The van der Waals surface area contributed by atoms with E-state index in [1.54, 1.807) is 30.3 Å². The number of aliphatic hydroxyl groups is 1. The molecule has 1 amide bonds. The molecule has 2 aromatic rings. The van der Waals surface area contributed by atoms with Gasteiger partial charge in [0.2, 0.25) is 0 Å². The van der Waals surface area contributed by atoms with Crippen molar-refractivity contribution in [3.05, 3.63) is 69.1 Å². The van der Waals surface area contributed by atoms with Crippen molar-refractivity contribution in [3.8, 4) is 6.07 Å². The highest BCUT2D eigenvalue weighted by atomic mass is 16.3. The van der Waals surface area contributed by atoms with Crippen LogP contribution in [0, 0.1) is 24.2 Å². The van der Waals surface area contributed by atoms with E-state index in [9.17, 15) is 9.59 Å². The van der Waals surface area contributed by atoms with Crippen molar-refractivity contribution in [3.63, 3.8) is 0 Å². The lowest BCUT2D eigenvalue weighted by molar-refractivity contribution is 0.0942. The molecule has 0 bridgehead atoms. The van der Waals surface area contributed by atoms with Crippen LogP contribution in [0.3, 0.4) is 0 Å². The molecule has 0 saturated carbocycles. The minimum Gasteiger partial charge on any atom is -0.395 e. The van der Waals surface area contributed by atoms with Crippen LogP contribution in [0.1, 0.15) is 70.9 Å². The molecule has 1 unspecified atom stereocenters. The number of carbonyl (C=O) groups excluding carboxylic acids is 2. The van der Waals surface area contributed by atoms with E-state index < -0.39 is 0 Å². The van der Waals surface area contributed by atoms with Gasteiger partial charge in [-0.2, -0.15) is 5.26 Å². The number of benzene rings is 2. The maximum Gasteiger partial charge on any atom is 0.251 e. The third-order valence-corrected chi connectivity index (χ3v) is 6.19. The van der Waals surface area contributed by atoms with Crippen LogP contribution in [-0.4, -0.2) is 48.4 Å². The number of nitrogens with one attached hydrogen (secondary N) is 1. The van der Waals surface area contributed by atoms with Crippen molar-refractivity contribution in [1.29, 1.82) is 5.26 Å². The van der Waals surface area contributed by atoms with Crippen LogP contribution < -0.4 is 15.8 Å². The van der Waals surface area contributed by atoms with Gasteiger partial charge in [0.15, 0.2) is 5.78 Å². The Labute approximate surface area is 208 Å². The standard InChI is InChI=1S/C29H37N3O3/c1-5-7-24(8-6-9-28(34)25-13-11-23(18-30)12-14-25)19-32(4)20-27-21(2)10-15-26(22(27)3)29(35)31-16-17-33/h10-15,20,24,33H,2,5-9,16-17,19H2,1,3-4H3,(H,31,35)/b27-20+. The third kappa shape index (κ3) is 8.38. The van der Waals surface area contributed by atoms with Crippen molar-refractivity contribution < 1.29 is 14.7 Å². The average Bonchev–Trinajstić information content (AvgIpc) is 2.85. The van der Waals surface area contributed by atoms with Gasteiger partial charge in [-0.15, -0.1) is 0 Å². The zero-order valence-electron chi connectivity index (χ0n) is 21.1. The molecule has 2 aromatic carbocycles. The Bertz CT molecular complexity index is 1150. The Hall–Kier alpha value is -3.43. The number of ketones is 1. The van der Waals surface area contributed by atoms with Gasteiger partial charge in [-0.25, -0.2) is 0 Å². The minimum atomic E-state index is -0.204. The molecule has 1 atom stereocenters. The van der Waals surface area contributed by atoms with Crippen molar-refractivity contribution in [2.24, 2.45) is 5.92 Å². The zero-order valence-corrected chi connectivity index (χ0v) is 21.1. The van der Waals surface area contributed by atoms with Crippen molar-refractivity contribution >= 4 is 24.5 Å². The summed E-state index contributed by atoms with van der Waals surface area (Å²) >= 11 is 0. The average molecular weight is 476 g/mol. The highest BCUT2D eigenvalue weighted by Crippen LogP contribution is 2.18. The first-order chi connectivity index (χ1) is 16.8. The first-order valence-electron chi connectivity index (χ1n) is 12.2. The van der Waals surface area contributed by atoms with E-state index in [0.29, 0.717) is 29.0 Å². The number of hydrogen-bond acceptors (Lipinski definition) is 5. The van der Waals surface area contributed by atoms with E-state index in [2.05, 4.69) is 29.8 Å². The SMILES string of the molecule is C=c1ccc(C(=O)NCCO)c(C)/c1=C/N(C)CC(CCC)CCCC(=O)c1ccc(C#N)cc1. The fourth-order valence-corrected chi connectivity index (χ4v) is 4.32. The number of aliphatic hydroxyl groups excluding tert-OH is 1. The first-order valence-corrected chi connectivity index (χ1v) is 12.2. The Morgan fingerprint density at radius 2 is 1.91 bits per heavy atom. The maximum atomic E-state index is 12.5. The lowest BCUT2D eigenvalue weighted by Gasteiger charge is -2.23. The molecule has 0 heterocycles. The number of hydrogen-bond donors (Lipinski definition) is 2. The van der Waals surface area contributed by atoms with Gasteiger partial charge in [0, 0.05) is 49.1 Å². The van der Waals surface area contributed by atoms with Gasteiger partial charge in [0.1, 0.15) is 0 Å². The summed E-state index contributed by atoms with van der Waals surface area (Å²) in [6.45, 7) is 9.19. The number of amides is 1. The Kier molecular flexibility index (Phi) is 11.2. The van der Waals surface area contributed by atoms with E-state index in [1.807, 2.05) is 26.2 Å². The Morgan fingerprint density at radius 3 is 2.54 bits per heavy atom. The Balaban J connectivity index is 2.05. The van der Waals surface area contributed by atoms with Crippen LogP contribution in [0.5, 0.6) is 0 Å². The summed E-state index contributed by atoms with van der Waals surface area (Å²) in [6, 6.07) is 12.5. The molecule has 0 aliphatic heterocycles. The quantitative estimate of drug-likeness (QED) is 0.434. The fourth-order valence-electron chi connectivity index (χ4n) is 4.32. The van der Waals surface area contributed by atoms with Crippen LogP contribution >= 0.6 is 0 Å². The van der Waals surface area contributed by atoms with Gasteiger partial charge in [-0.1, -0.05) is 38.1 Å². The van der Waals surface area contributed by atoms with E-state index in [-0.39, 0.29) is 24.8 Å². The number of nitriles is 1. The van der Waals surface area contributed by atoms with Crippen LogP contribution in [0.25, 0.3) is 12.8 Å². The minimum absolute atomic E-state index is 0.0994. The second-order valence-electron chi connectivity index (χ2n) is 9.02. The molecule has 0 aliphatic carbocycles. The van der Waals surface area contributed by atoms with E-state index in [1.165, 1.54) is 0 Å². The lowest BCUT2D eigenvalue weighted by Crippen LogP contribution is -2.35. The van der Waals surface area contributed by atoms with Crippen LogP contribution in [-0.2, 0) is 0 Å². The molecule has 0 fully saturated rings. The molecule has 0 aromatic heterocycles. The second-order valence-corrected chi connectivity index (χ2v) is 9.02. The predicted octanol–water partition coefficient (Wildman–Crippen LogP) is 3.14. The summed E-state index contributed by atoms with van der Waals surface area (Å²) in [5, 5.41) is 22.4. The van der Waals surface area contributed by atoms with Gasteiger partial charge in [0.05, 0.1) is 18.2 Å². The van der Waals surface area contributed by atoms with Crippen molar-refractivity contribution in [2.75, 3.05) is 26.7 Å². The fraction of sp³-hybridized carbons (Fsp3) is 0.414. The zero-order chi connectivity index (χ0) is 25.8. The molecular formula is C29H37N3O3. The molecule has 2 rings (SSSR count). The lowest BCUT2D eigenvalue weighted by atomic mass is 9.94. The van der Waals surface area contributed by atoms with Crippen LogP contribution in [0.4, 0.5) is 0 Å². The van der Waals surface area contributed by atoms with Crippen LogP contribution in [0.2, 0.25) is 0 Å². The molecule has 0 saturated heterocycles. The number of rotatable bonds is 13. The van der Waals surface area contributed by atoms with Gasteiger partial charge in [-0.05, 0) is 61.1 Å². The summed E-state index contributed by atoms with van der Waals surface area (Å²) < 4.78 is 0. The molecule has 6 nitrogen and oxygen atoms in total. The second kappa shape index (κ2) is 14.1. The van der Waals surface area contributed by atoms with E-state index in [0.717, 1.165) is 48.2 Å². The Morgan fingerprint density at radius 1 is 1.20 bits per heavy atom. The summed E-state index contributed by atoms with van der Waals surface area (Å²) in [5.74, 6) is 0.350. The molecular weight excluding hydrogens is 438 g/mol. The molecule has 0 radical (unpaired) electrons. The summed E-state index contributed by atoms with van der Waals surface area (Å²) in [6.07, 6.45) is 6.45. The monoisotopic (exact) mass is 475 g/mol. The topological polar surface area (TPSA) is 93.4 Å². The highest BCUT2D eigenvalue weighted by Gasteiger charge is 2.13. The summed E-state index contributed by atoms with van der Waals surface area (Å²) in [7, 11) is 2.03. The molecule has 35 heavy (non-hydrogen) atoms. The van der Waals surface area contributed by atoms with Crippen molar-refractivity contribution in [2.45, 2.75) is 46.0 Å². The molecule has 0 spiro atoms. The molecule has 2 N–H and O–H groups in total. The summed E-state index contributed by atoms with van der Waals surface area (Å²) in [4.78, 5) is 27.1. The van der Waals surface area contributed by atoms with Gasteiger partial charge in [-0.3, -0.25) is 9.59 Å². The van der Waals surface area contributed by atoms with Gasteiger partial charge >= 0.3 is 0 Å². The van der Waals surface area contributed by atoms with Gasteiger partial charge in [0.25, 0.3) is 5.91 Å². The molecule has 6 heteroatoms. The number of nitrogens with zero attached hydrogens (tertiary/aromatic N) is 2. The number of Topliss-reactive ketones (excluding diaryl/α,β-unsaturated/α-hetero) is 1. The van der Waals surface area contributed by atoms with E-state index in [4.69, 9.17) is 10.4 Å². The largest absolute Gasteiger partial charge is 0.395 e. The predicted molar refractivity (Wildman–Crippen MR) is 140 cm³/mol. The summed E-state index contributed by atoms with van der Waals surface area (Å²) in [5.41, 5.74) is 2.65. The first kappa shape index (κ1) is 27.8. The normalized spacial score (nSPS) is 12.1. The molecule has 0 aliphatic rings. The molecule has 186 valence electrons. The number of carbonyl (C=O) groups is 2. The van der Waals surface area contributed by atoms with Crippen LogP contribution in [0.15, 0.2) is 36.4 Å².